The molecule has 0 saturated carbocycles. The number of benzene rings is 2. The van der Waals surface area contributed by atoms with Gasteiger partial charge in [0.25, 0.3) is 5.91 Å². The van der Waals surface area contributed by atoms with Gasteiger partial charge >= 0.3 is 0 Å². The van der Waals surface area contributed by atoms with Crippen LogP contribution in [0.3, 0.4) is 0 Å². The van der Waals surface area contributed by atoms with Crippen LogP contribution in [-0.2, 0) is 0 Å². The Kier molecular flexibility index (Phi) is 5.88. The number of hydrogen-bond donors (Lipinski definition) is 2. The van der Waals surface area contributed by atoms with E-state index in [0.29, 0.717) is 16.5 Å². The van der Waals surface area contributed by atoms with Crippen LogP contribution in [-0.4, -0.2) is 22.0 Å². The van der Waals surface area contributed by atoms with Gasteiger partial charge in [-0.1, -0.05) is 17.7 Å². The number of rotatable bonds is 6. The van der Waals surface area contributed by atoms with Crippen molar-refractivity contribution in [3.63, 3.8) is 0 Å². The molecule has 27 heavy (non-hydrogen) atoms. The fraction of sp³-hybridized carbons (Fsp3) is 0.150. The van der Waals surface area contributed by atoms with E-state index in [2.05, 4.69) is 20.6 Å². The first-order chi connectivity index (χ1) is 13.0. The van der Waals surface area contributed by atoms with Crippen molar-refractivity contribution in [3.8, 4) is 5.75 Å². The topological polar surface area (TPSA) is 76.1 Å². The Bertz CT molecular complexity index is 929. The van der Waals surface area contributed by atoms with Gasteiger partial charge in [-0.25, -0.2) is 9.97 Å². The van der Waals surface area contributed by atoms with Gasteiger partial charge in [-0.15, -0.1) is 0 Å². The van der Waals surface area contributed by atoms with Gasteiger partial charge < -0.3 is 15.4 Å². The molecular formula is C20H19ClN4O2. The molecule has 1 amide bonds. The molecule has 138 valence electrons. The molecule has 6 nitrogen and oxygen atoms in total. The molecule has 0 aliphatic rings. The number of halogens is 1. The summed E-state index contributed by atoms with van der Waals surface area (Å²) in [5.74, 6) is 0.917. The summed E-state index contributed by atoms with van der Waals surface area (Å²) in [7, 11) is 0. The van der Waals surface area contributed by atoms with E-state index in [0.717, 1.165) is 11.4 Å². The molecule has 1 aromatic heterocycles. The van der Waals surface area contributed by atoms with Crippen molar-refractivity contribution < 1.29 is 9.53 Å². The number of anilines is 3. The van der Waals surface area contributed by atoms with Gasteiger partial charge in [-0.3, -0.25) is 4.79 Å². The largest absolute Gasteiger partial charge is 0.491 e. The summed E-state index contributed by atoms with van der Waals surface area (Å²) in [5, 5.41) is 6.51. The predicted octanol–water partition coefficient (Wildman–Crippen LogP) is 4.91. The van der Waals surface area contributed by atoms with E-state index in [-0.39, 0.29) is 17.7 Å². The van der Waals surface area contributed by atoms with Crippen molar-refractivity contribution in [1.82, 2.24) is 9.97 Å². The van der Waals surface area contributed by atoms with Gasteiger partial charge in [0, 0.05) is 22.5 Å². The van der Waals surface area contributed by atoms with Crippen molar-refractivity contribution in [1.29, 1.82) is 0 Å². The highest BCUT2D eigenvalue weighted by Gasteiger charge is 2.10. The zero-order valence-electron chi connectivity index (χ0n) is 14.9. The number of carbonyl (C=O) groups excluding carboxylic acids is 1. The van der Waals surface area contributed by atoms with Gasteiger partial charge in [-0.05, 0) is 56.3 Å². The number of aromatic nitrogens is 2. The first-order valence-corrected chi connectivity index (χ1v) is 8.80. The third-order valence-corrected chi connectivity index (χ3v) is 3.72. The molecule has 2 aromatic carbocycles. The van der Waals surface area contributed by atoms with Crippen LogP contribution in [0.4, 0.5) is 17.2 Å². The number of nitrogens with one attached hydrogen (secondary N) is 2. The normalized spacial score (nSPS) is 10.5. The molecule has 0 bridgehead atoms. The van der Waals surface area contributed by atoms with E-state index in [4.69, 9.17) is 16.3 Å². The molecule has 0 atom stereocenters. The van der Waals surface area contributed by atoms with Crippen LogP contribution in [0.1, 0.15) is 24.3 Å². The summed E-state index contributed by atoms with van der Waals surface area (Å²) >= 11 is 5.98. The average Bonchev–Trinajstić information content (AvgIpc) is 2.63. The third-order valence-electron chi connectivity index (χ3n) is 3.48. The van der Waals surface area contributed by atoms with Gasteiger partial charge in [-0.2, -0.15) is 0 Å². The molecule has 0 radical (unpaired) electrons. The zero-order chi connectivity index (χ0) is 19.2. The Morgan fingerprint density at radius 1 is 1.04 bits per heavy atom. The fourth-order valence-corrected chi connectivity index (χ4v) is 2.54. The van der Waals surface area contributed by atoms with Gasteiger partial charge in [0.05, 0.1) is 6.10 Å². The maximum Gasteiger partial charge on any atom is 0.274 e. The fourth-order valence-electron chi connectivity index (χ4n) is 2.35. The van der Waals surface area contributed by atoms with Crippen LogP contribution < -0.4 is 15.4 Å². The second-order valence-electron chi connectivity index (χ2n) is 6.07. The summed E-state index contributed by atoms with van der Waals surface area (Å²) in [6.45, 7) is 3.92. The monoisotopic (exact) mass is 382 g/mol. The molecule has 0 saturated heterocycles. The van der Waals surface area contributed by atoms with Crippen LogP contribution in [0.2, 0.25) is 5.02 Å². The molecule has 0 aliphatic carbocycles. The first kappa shape index (κ1) is 18.7. The standard InChI is InChI=1S/C20H19ClN4O2/c1-13(2)27-17-8-6-15(7-9-17)25-20(26)18-11-19(23-12-22-18)24-16-5-3-4-14(21)10-16/h3-13H,1-2H3,(H,25,26)(H,22,23,24). The van der Waals surface area contributed by atoms with Gasteiger partial charge in [0.15, 0.2) is 0 Å². The van der Waals surface area contributed by atoms with E-state index < -0.39 is 0 Å². The predicted molar refractivity (Wildman–Crippen MR) is 107 cm³/mol. The lowest BCUT2D eigenvalue weighted by Crippen LogP contribution is -2.14. The van der Waals surface area contributed by atoms with Crippen molar-refractivity contribution in [2.24, 2.45) is 0 Å². The van der Waals surface area contributed by atoms with Crippen molar-refractivity contribution in [2.45, 2.75) is 20.0 Å². The Morgan fingerprint density at radius 3 is 2.52 bits per heavy atom. The Labute approximate surface area is 162 Å². The SMILES string of the molecule is CC(C)Oc1ccc(NC(=O)c2cc(Nc3cccc(Cl)c3)ncn2)cc1. The van der Waals surface area contributed by atoms with Crippen LogP contribution in [0.15, 0.2) is 60.9 Å². The summed E-state index contributed by atoms with van der Waals surface area (Å²) in [6, 6.07) is 16.0. The lowest BCUT2D eigenvalue weighted by atomic mass is 10.2. The second-order valence-corrected chi connectivity index (χ2v) is 6.51. The van der Waals surface area contributed by atoms with Crippen LogP contribution in [0.25, 0.3) is 0 Å². The van der Waals surface area contributed by atoms with Gasteiger partial charge in [0.1, 0.15) is 23.6 Å². The van der Waals surface area contributed by atoms with E-state index in [9.17, 15) is 4.79 Å². The van der Waals surface area contributed by atoms with E-state index >= 15 is 0 Å². The molecule has 3 rings (SSSR count). The molecule has 0 unspecified atom stereocenters. The van der Waals surface area contributed by atoms with Crippen molar-refractivity contribution >= 4 is 34.7 Å². The van der Waals surface area contributed by atoms with Gasteiger partial charge in [0.2, 0.25) is 0 Å². The maximum absolute atomic E-state index is 12.5. The summed E-state index contributed by atoms with van der Waals surface area (Å²) in [4.78, 5) is 20.6. The molecule has 3 aromatic rings. The lowest BCUT2D eigenvalue weighted by Gasteiger charge is -2.11. The highest BCUT2D eigenvalue weighted by molar-refractivity contribution is 6.30. The van der Waals surface area contributed by atoms with Crippen LogP contribution in [0, 0.1) is 0 Å². The molecule has 0 aliphatic heterocycles. The van der Waals surface area contributed by atoms with E-state index in [1.165, 1.54) is 6.33 Å². The van der Waals surface area contributed by atoms with Crippen LogP contribution >= 0.6 is 11.6 Å². The minimum Gasteiger partial charge on any atom is -0.491 e. The quantitative estimate of drug-likeness (QED) is 0.633. The molecule has 7 heteroatoms. The molecule has 0 fully saturated rings. The molecule has 0 spiro atoms. The lowest BCUT2D eigenvalue weighted by molar-refractivity contribution is 0.102. The number of ether oxygens (including phenoxy) is 1. The second kappa shape index (κ2) is 8.51. The summed E-state index contributed by atoms with van der Waals surface area (Å²) in [5.41, 5.74) is 1.67. The number of carbonyl (C=O) groups is 1. The Hall–Kier alpha value is -3.12. The van der Waals surface area contributed by atoms with E-state index in [1.807, 2.05) is 38.1 Å². The summed E-state index contributed by atoms with van der Waals surface area (Å²) < 4.78 is 5.59. The molecular weight excluding hydrogens is 364 g/mol. The molecule has 2 N–H and O–H groups in total. The summed E-state index contributed by atoms with van der Waals surface area (Å²) in [6.07, 6.45) is 1.43. The number of hydrogen-bond acceptors (Lipinski definition) is 5. The average molecular weight is 383 g/mol. The minimum atomic E-state index is -0.330. The third kappa shape index (κ3) is 5.43. The number of amides is 1. The van der Waals surface area contributed by atoms with Crippen LogP contribution in [0.5, 0.6) is 5.75 Å². The van der Waals surface area contributed by atoms with E-state index in [1.54, 1.807) is 30.3 Å². The Morgan fingerprint density at radius 2 is 1.81 bits per heavy atom. The van der Waals surface area contributed by atoms with Crippen molar-refractivity contribution in [2.75, 3.05) is 10.6 Å². The highest BCUT2D eigenvalue weighted by atomic mass is 35.5. The molecule has 1 heterocycles. The Balaban J connectivity index is 1.68. The maximum atomic E-state index is 12.5. The van der Waals surface area contributed by atoms with Crippen molar-refractivity contribution in [3.05, 3.63) is 71.6 Å². The highest BCUT2D eigenvalue weighted by Crippen LogP contribution is 2.20. The smallest absolute Gasteiger partial charge is 0.274 e. The number of nitrogens with zero attached hydrogens (tertiary/aromatic N) is 2. The minimum absolute atomic E-state index is 0.0943. The zero-order valence-corrected chi connectivity index (χ0v) is 15.7. The first-order valence-electron chi connectivity index (χ1n) is 8.42.